The molecule has 0 radical (unpaired) electrons. The number of aromatic nitrogens is 2. The number of benzene rings is 2. The Labute approximate surface area is 156 Å². The summed E-state index contributed by atoms with van der Waals surface area (Å²) < 4.78 is 45.2. The third-order valence-electron chi connectivity index (χ3n) is 3.47. The van der Waals surface area contributed by atoms with E-state index >= 15 is 0 Å². The molecule has 0 amide bonds. The zero-order chi connectivity index (χ0) is 20.7. The van der Waals surface area contributed by atoms with Crippen LogP contribution in [0.4, 0.5) is 13.2 Å². The standard InChI is InChI=1S/C16H13F3N2O.C2H2O4/c17-16(18,19)12-4-3-5-13(10-12)22-9-8-21-11-20-14-6-1-2-7-15(14)21;3-1(4)2(5)6/h1-7,10-11H,8-9H2;(H,3,4)(H,5,6). The SMILES string of the molecule is FC(F)(F)c1cccc(OCCn2cnc3ccccc32)c1.O=C(O)C(=O)O. The summed E-state index contributed by atoms with van der Waals surface area (Å²) in [5.41, 5.74) is 1.13. The highest BCUT2D eigenvalue weighted by Gasteiger charge is 2.30. The highest BCUT2D eigenvalue weighted by atomic mass is 19.4. The number of carboxylic acid groups (broad SMARTS) is 2. The van der Waals surface area contributed by atoms with Gasteiger partial charge in [0.2, 0.25) is 0 Å². The molecule has 0 atom stereocenters. The Hall–Kier alpha value is -3.56. The fourth-order valence-electron chi connectivity index (χ4n) is 2.21. The maximum Gasteiger partial charge on any atom is 0.416 e. The molecule has 0 aliphatic rings. The molecule has 3 aromatic rings. The largest absolute Gasteiger partial charge is 0.492 e. The van der Waals surface area contributed by atoms with Crippen molar-refractivity contribution in [3.8, 4) is 5.75 Å². The van der Waals surface area contributed by atoms with Gasteiger partial charge in [0.1, 0.15) is 12.4 Å². The number of hydrogen-bond acceptors (Lipinski definition) is 4. The Morgan fingerprint density at radius 1 is 1.04 bits per heavy atom. The first kappa shape index (κ1) is 20.7. The summed E-state index contributed by atoms with van der Waals surface area (Å²) in [6, 6.07) is 12.5. The molecular formula is C18H15F3N2O5. The molecule has 148 valence electrons. The summed E-state index contributed by atoms with van der Waals surface area (Å²) >= 11 is 0. The van der Waals surface area contributed by atoms with E-state index in [1.54, 1.807) is 6.33 Å². The van der Waals surface area contributed by atoms with Crippen LogP contribution < -0.4 is 4.74 Å². The van der Waals surface area contributed by atoms with E-state index < -0.39 is 23.7 Å². The van der Waals surface area contributed by atoms with Crippen LogP contribution in [-0.2, 0) is 22.3 Å². The van der Waals surface area contributed by atoms with E-state index in [4.69, 9.17) is 24.5 Å². The summed E-state index contributed by atoms with van der Waals surface area (Å²) in [6.07, 6.45) is -2.67. The molecule has 1 aromatic heterocycles. The molecule has 0 bridgehead atoms. The van der Waals surface area contributed by atoms with Gasteiger partial charge in [-0.25, -0.2) is 14.6 Å². The Balaban J connectivity index is 0.000000409. The molecule has 0 aliphatic carbocycles. The fraction of sp³-hybridized carbons (Fsp3) is 0.167. The number of imidazole rings is 1. The van der Waals surface area contributed by atoms with Crippen LogP contribution in [-0.4, -0.2) is 38.3 Å². The van der Waals surface area contributed by atoms with E-state index in [2.05, 4.69) is 4.98 Å². The Kier molecular flexibility index (Phi) is 6.59. The average molecular weight is 396 g/mol. The number of hydrogen-bond donors (Lipinski definition) is 2. The number of carboxylic acids is 2. The highest BCUT2D eigenvalue weighted by molar-refractivity contribution is 6.27. The number of fused-ring (bicyclic) bond motifs is 1. The predicted molar refractivity (Wildman–Crippen MR) is 91.9 cm³/mol. The van der Waals surface area contributed by atoms with Gasteiger partial charge >= 0.3 is 18.1 Å². The van der Waals surface area contributed by atoms with Gasteiger partial charge in [-0.3, -0.25) is 0 Å². The minimum Gasteiger partial charge on any atom is -0.492 e. The van der Waals surface area contributed by atoms with E-state index in [0.29, 0.717) is 6.54 Å². The topological polar surface area (TPSA) is 102 Å². The van der Waals surface area contributed by atoms with E-state index in [0.717, 1.165) is 23.2 Å². The Morgan fingerprint density at radius 3 is 2.36 bits per heavy atom. The zero-order valence-corrected chi connectivity index (χ0v) is 14.3. The summed E-state index contributed by atoms with van der Waals surface area (Å²) in [5, 5.41) is 14.8. The minimum atomic E-state index is -4.36. The van der Waals surface area contributed by atoms with Crippen LogP contribution in [0, 0.1) is 0 Å². The van der Waals surface area contributed by atoms with Crippen LogP contribution in [0.3, 0.4) is 0 Å². The van der Waals surface area contributed by atoms with Crippen molar-refractivity contribution in [2.24, 2.45) is 0 Å². The lowest BCUT2D eigenvalue weighted by atomic mass is 10.2. The lowest BCUT2D eigenvalue weighted by molar-refractivity contribution is -0.159. The minimum absolute atomic E-state index is 0.208. The molecule has 2 aromatic carbocycles. The lowest BCUT2D eigenvalue weighted by Crippen LogP contribution is -2.09. The Morgan fingerprint density at radius 2 is 1.71 bits per heavy atom. The number of nitrogens with zero attached hydrogens (tertiary/aromatic N) is 2. The fourth-order valence-corrected chi connectivity index (χ4v) is 2.21. The van der Waals surface area contributed by atoms with Crippen LogP contribution in [0.5, 0.6) is 5.75 Å². The molecule has 0 aliphatic heterocycles. The van der Waals surface area contributed by atoms with Gasteiger partial charge in [-0.05, 0) is 30.3 Å². The van der Waals surface area contributed by atoms with E-state index in [1.165, 1.54) is 12.1 Å². The van der Waals surface area contributed by atoms with Crippen molar-refractivity contribution in [2.75, 3.05) is 6.61 Å². The van der Waals surface area contributed by atoms with Gasteiger partial charge in [0, 0.05) is 0 Å². The van der Waals surface area contributed by atoms with Crippen molar-refractivity contribution in [3.05, 3.63) is 60.4 Å². The first-order valence-electron chi connectivity index (χ1n) is 7.84. The molecule has 0 fully saturated rings. The molecule has 28 heavy (non-hydrogen) atoms. The van der Waals surface area contributed by atoms with Crippen molar-refractivity contribution < 1.29 is 37.7 Å². The van der Waals surface area contributed by atoms with Gasteiger partial charge < -0.3 is 19.5 Å². The number of carbonyl (C=O) groups is 2. The van der Waals surface area contributed by atoms with Gasteiger partial charge in [0.15, 0.2) is 0 Å². The van der Waals surface area contributed by atoms with E-state index in [1.807, 2.05) is 28.8 Å². The maximum atomic E-state index is 12.6. The second-order valence-electron chi connectivity index (χ2n) is 5.41. The third kappa shape index (κ3) is 5.73. The molecule has 7 nitrogen and oxygen atoms in total. The highest BCUT2D eigenvalue weighted by Crippen LogP contribution is 2.31. The summed E-state index contributed by atoms with van der Waals surface area (Å²) in [4.78, 5) is 22.4. The number of para-hydroxylation sites is 2. The summed E-state index contributed by atoms with van der Waals surface area (Å²) in [7, 11) is 0. The molecule has 0 saturated heterocycles. The second-order valence-corrected chi connectivity index (χ2v) is 5.41. The van der Waals surface area contributed by atoms with E-state index in [9.17, 15) is 13.2 Å². The van der Waals surface area contributed by atoms with Gasteiger partial charge in [-0.1, -0.05) is 18.2 Å². The Bertz CT molecular complexity index is 957. The smallest absolute Gasteiger partial charge is 0.416 e. The molecule has 2 N–H and O–H groups in total. The number of alkyl halides is 3. The van der Waals surface area contributed by atoms with Crippen LogP contribution in [0.15, 0.2) is 54.9 Å². The van der Waals surface area contributed by atoms with Crippen LogP contribution in [0.1, 0.15) is 5.56 Å². The predicted octanol–water partition coefficient (Wildman–Crippen LogP) is 3.29. The van der Waals surface area contributed by atoms with Gasteiger partial charge in [0.25, 0.3) is 0 Å². The molecule has 10 heteroatoms. The van der Waals surface area contributed by atoms with Crippen molar-refractivity contribution in [3.63, 3.8) is 0 Å². The normalized spacial score (nSPS) is 10.8. The number of aliphatic carboxylic acids is 2. The van der Waals surface area contributed by atoms with Crippen molar-refractivity contribution in [1.82, 2.24) is 9.55 Å². The first-order valence-corrected chi connectivity index (χ1v) is 7.84. The lowest BCUT2D eigenvalue weighted by Gasteiger charge is -2.10. The second kappa shape index (κ2) is 8.89. The zero-order valence-electron chi connectivity index (χ0n) is 14.3. The van der Waals surface area contributed by atoms with Gasteiger partial charge in [-0.15, -0.1) is 0 Å². The first-order chi connectivity index (χ1) is 13.2. The maximum absolute atomic E-state index is 12.6. The van der Waals surface area contributed by atoms with Crippen molar-refractivity contribution in [1.29, 1.82) is 0 Å². The number of rotatable bonds is 4. The average Bonchev–Trinajstić information content (AvgIpc) is 3.05. The molecule has 0 saturated carbocycles. The van der Waals surface area contributed by atoms with E-state index in [-0.39, 0.29) is 12.4 Å². The van der Waals surface area contributed by atoms with Crippen LogP contribution in [0.25, 0.3) is 11.0 Å². The van der Waals surface area contributed by atoms with Crippen molar-refractivity contribution >= 4 is 23.0 Å². The summed E-state index contributed by atoms with van der Waals surface area (Å²) in [5.74, 6) is -3.44. The molecule has 0 spiro atoms. The quantitative estimate of drug-likeness (QED) is 0.657. The van der Waals surface area contributed by atoms with Gasteiger partial charge in [0.05, 0.1) is 29.5 Å². The third-order valence-corrected chi connectivity index (χ3v) is 3.47. The number of halogens is 3. The van der Waals surface area contributed by atoms with Gasteiger partial charge in [-0.2, -0.15) is 13.2 Å². The molecule has 0 unspecified atom stereocenters. The molecular weight excluding hydrogens is 381 g/mol. The summed E-state index contributed by atoms with van der Waals surface area (Å²) in [6.45, 7) is 0.776. The van der Waals surface area contributed by atoms with Crippen molar-refractivity contribution in [2.45, 2.75) is 12.7 Å². The number of ether oxygens (including phenoxy) is 1. The molecule has 1 heterocycles. The molecule has 3 rings (SSSR count). The van der Waals surface area contributed by atoms with Crippen LogP contribution in [0.2, 0.25) is 0 Å². The van der Waals surface area contributed by atoms with Crippen LogP contribution >= 0.6 is 0 Å². The monoisotopic (exact) mass is 396 g/mol.